The van der Waals surface area contributed by atoms with E-state index in [-0.39, 0.29) is 17.6 Å². The van der Waals surface area contributed by atoms with Gasteiger partial charge in [0.25, 0.3) is 0 Å². The van der Waals surface area contributed by atoms with Crippen LogP contribution in [0.3, 0.4) is 0 Å². The van der Waals surface area contributed by atoms with Gasteiger partial charge in [0.15, 0.2) is 5.78 Å². The lowest BCUT2D eigenvalue weighted by atomic mass is 9.94. The van der Waals surface area contributed by atoms with Crippen LogP contribution < -0.4 is 10.6 Å². The second-order valence-electron chi connectivity index (χ2n) is 4.03. The number of ketones is 1. The standard InChI is InChI=1S/C11H20N2O3/c1-6(10(15)12-5)7(2)11(16)13-8(3)9(4)14/h6-8H,1-5H3,(H,12,15)(H,13,16). The molecule has 0 bridgehead atoms. The van der Waals surface area contributed by atoms with Crippen LogP contribution in [0.15, 0.2) is 0 Å². The van der Waals surface area contributed by atoms with Crippen molar-refractivity contribution in [1.29, 1.82) is 0 Å². The summed E-state index contributed by atoms with van der Waals surface area (Å²) in [7, 11) is 1.53. The summed E-state index contributed by atoms with van der Waals surface area (Å²) in [6, 6.07) is -0.508. The van der Waals surface area contributed by atoms with Gasteiger partial charge in [-0.2, -0.15) is 0 Å². The first-order valence-electron chi connectivity index (χ1n) is 5.33. The molecule has 92 valence electrons. The van der Waals surface area contributed by atoms with Crippen molar-refractivity contribution in [2.75, 3.05) is 7.05 Å². The van der Waals surface area contributed by atoms with Gasteiger partial charge < -0.3 is 10.6 Å². The first-order chi connectivity index (χ1) is 7.31. The van der Waals surface area contributed by atoms with Gasteiger partial charge in [0.05, 0.1) is 6.04 Å². The molecule has 0 heterocycles. The minimum atomic E-state index is -0.508. The zero-order chi connectivity index (χ0) is 12.9. The molecule has 0 fully saturated rings. The van der Waals surface area contributed by atoms with Gasteiger partial charge in [-0.05, 0) is 13.8 Å². The van der Waals surface area contributed by atoms with Gasteiger partial charge in [0.1, 0.15) is 0 Å². The number of carbonyl (C=O) groups is 3. The minimum Gasteiger partial charge on any atom is -0.359 e. The molecule has 0 aromatic carbocycles. The van der Waals surface area contributed by atoms with Gasteiger partial charge in [0.2, 0.25) is 11.8 Å². The molecule has 5 nitrogen and oxygen atoms in total. The third-order valence-corrected chi connectivity index (χ3v) is 2.79. The highest BCUT2D eigenvalue weighted by atomic mass is 16.2. The summed E-state index contributed by atoms with van der Waals surface area (Å²) in [4.78, 5) is 34.0. The summed E-state index contributed by atoms with van der Waals surface area (Å²) in [6.45, 7) is 6.39. The number of rotatable bonds is 5. The second kappa shape index (κ2) is 6.25. The first-order valence-corrected chi connectivity index (χ1v) is 5.33. The maximum atomic E-state index is 11.7. The fraction of sp³-hybridized carbons (Fsp3) is 0.727. The van der Waals surface area contributed by atoms with Crippen LogP contribution in [0, 0.1) is 11.8 Å². The van der Waals surface area contributed by atoms with Crippen molar-refractivity contribution in [1.82, 2.24) is 10.6 Å². The Morgan fingerprint density at radius 3 is 1.75 bits per heavy atom. The Hall–Kier alpha value is -1.39. The lowest BCUT2D eigenvalue weighted by molar-refractivity contribution is -0.134. The maximum absolute atomic E-state index is 11.7. The van der Waals surface area contributed by atoms with Crippen molar-refractivity contribution in [2.24, 2.45) is 11.8 Å². The topological polar surface area (TPSA) is 75.3 Å². The molecular formula is C11H20N2O3. The predicted molar refractivity (Wildman–Crippen MR) is 60.7 cm³/mol. The molecule has 0 aromatic rings. The Labute approximate surface area is 96.0 Å². The Morgan fingerprint density at radius 1 is 0.938 bits per heavy atom. The van der Waals surface area contributed by atoms with Crippen LogP contribution in [-0.2, 0) is 14.4 Å². The predicted octanol–water partition coefficient (Wildman–Crippen LogP) is 0.0983. The van der Waals surface area contributed by atoms with Gasteiger partial charge >= 0.3 is 0 Å². The number of hydrogen-bond acceptors (Lipinski definition) is 3. The number of hydrogen-bond donors (Lipinski definition) is 2. The summed E-state index contributed by atoms with van der Waals surface area (Å²) in [6.07, 6.45) is 0. The number of Topliss-reactive ketones (excluding diaryl/α,β-unsaturated/α-hetero) is 1. The van der Waals surface area contributed by atoms with E-state index in [9.17, 15) is 14.4 Å². The molecule has 0 saturated carbocycles. The van der Waals surface area contributed by atoms with Crippen LogP contribution in [0.5, 0.6) is 0 Å². The average Bonchev–Trinajstić information content (AvgIpc) is 2.25. The lowest BCUT2D eigenvalue weighted by Crippen LogP contribution is -2.44. The monoisotopic (exact) mass is 228 g/mol. The zero-order valence-electron chi connectivity index (χ0n) is 10.5. The number of carbonyl (C=O) groups excluding carboxylic acids is 3. The van der Waals surface area contributed by atoms with Gasteiger partial charge in [-0.1, -0.05) is 13.8 Å². The fourth-order valence-corrected chi connectivity index (χ4v) is 1.13. The molecule has 3 unspecified atom stereocenters. The Kier molecular flexibility index (Phi) is 5.71. The van der Waals surface area contributed by atoms with E-state index >= 15 is 0 Å². The molecule has 3 atom stereocenters. The first kappa shape index (κ1) is 14.6. The second-order valence-corrected chi connectivity index (χ2v) is 4.03. The Balaban J connectivity index is 4.39. The largest absolute Gasteiger partial charge is 0.359 e. The van der Waals surface area contributed by atoms with E-state index in [4.69, 9.17) is 0 Å². The van der Waals surface area contributed by atoms with Gasteiger partial charge in [-0.3, -0.25) is 14.4 Å². The molecule has 16 heavy (non-hydrogen) atoms. The van der Waals surface area contributed by atoms with Gasteiger partial charge in [0, 0.05) is 18.9 Å². The van der Waals surface area contributed by atoms with E-state index in [0.29, 0.717) is 0 Å². The third-order valence-electron chi connectivity index (χ3n) is 2.79. The summed E-state index contributed by atoms with van der Waals surface area (Å²) < 4.78 is 0. The van der Waals surface area contributed by atoms with Crippen molar-refractivity contribution in [3.05, 3.63) is 0 Å². The van der Waals surface area contributed by atoms with Crippen LogP contribution in [0.25, 0.3) is 0 Å². The van der Waals surface area contributed by atoms with Crippen molar-refractivity contribution in [2.45, 2.75) is 33.7 Å². The van der Waals surface area contributed by atoms with Crippen molar-refractivity contribution < 1.29 is 14.4 Å². The highest BCUT2D eigenvalue weighted by Crippen LogP contribution is 2.11. The molecule has 0 aliphatic rings. The molecule has 2 amide bonds. The summed E-state index contributed by atoms with van der Waals surface area (Å²) in [5, 5.41) is 5.06. The highest BCUT2D eigenvalue weighted by molar-refractivity contribution is 5.90. The molecule has 0 spiro atoms. The van der Waals surface area contributed by atoms with E-state index < -0.39 is 17.9 Å². The van der Waals surface area contributed by atoms with E-state index in [2.05, 4.69) is 10.6 Å². The molecule has 0 saturated heterocycles. The fourth-order valence-electron chi connectivity index (χ4n) is 1.13. The summed E-state index contributed by atoms with van der Waals surface area (Å²) in [5.41, 5.74) is 0. The third kappa shape index (κ3) is 4.00. The molecule has 0 radical (unpaired) electrons. The van der Waals surface area contributed by atoms with Crippen molar-refractivity contribution in [3.63, 3.8) is 0 Å². The van der Waals surface area contributed by atoms with Crippen LogP contribution in [0.2, 0.25) is 0 Å². The van der Waals surface area contributed by atoms with Gasteiger partial charge in [-0.15, -0.1) is 0 Å². The van der Waals surface area contributed by atoms with Crippen LogP contribution in [0.1, 0.15) is 27.7 Å². The lowest BCUT2D eigenvalue weighted by Gasteiger charge is -2.19. The minimum absolute atomic E-state index is 0.104. The zero-order valence-corrected chi connectivity index (χ0v) is 10.5. The normalized spacial score (nSPS) is 15.8. The van der Waals surface area contributed by atoms with Crippen molar-refractivity contribution >= 4 is 17.6 Å². The Morgan fingerprint density at radius 2 is 1.38 bits per heavy atom. The highest BCUT2D eigenvalue weighted by Gasteiger charge is 2.26. The summed E-state index contributed by atoms with van der Waals surface area (Å²) in [5.74, 6) is -1.43. The van der Waals surface area contributed by atoms with Crippen LogP contribution in [-0.4, -0.2) is 30.7 Å². The quantitative estimate of drug-likeness (QED) is 0.700. The molecule has 2 N–H and O–H groups in total. The van der Waals surface area contributed by atoms with Crippen molar-refractivity contribution in [3.8, 4) is 0 Å². The average molecular weight is 228 g/mol. The molecule has 0 rings (SSSR count). The Bertz CT molecular complexity index is 289. The molecular weight excluding hydrogens is 208 g/mol. The SMILES string of the molecule is CNC(=O)C(C)C(C)C(=O)NC(C)C(C)=O. The number of amides is 2. The van der Waals surface area contributed by atoms with Crippen LogP contribution >= 0.6 is 0 Å². The molecule has 0 aliphatic heterocycles. The van der Waals surface area contributed by atoms with Crippen LogP contribution in [0.4, 0.5) is 0 Å². The summed E-state index contributed by atoms with van der Waals surface area (Å²) >= 11 is 0. The number of nitrogens with one attached hydrogen (secondary N) is 2. The molecule has 0 aliphatic carbocycles. The van der Waals surface area contributed by atoms with E-state index in [0.717, 1.165) is 0 Å². The molecule has 5 heteroatoms. The van der Waals surface area contributed by atoms with E-state index in [1.54, 1.807) is 20.8 Å². The van der Waals surface area contributed by atoms with E-state index in [1.165, 1.54) is 14.0 Å². The van der Waals surface area contributed by atoms with Gasteiger partial charge in [-0.25, -0.2) is 0 Å². The smallest absolute Gasteiger partial charge is 0.224 e. The van der Waals surface area contributed by atoms with E-state index in [1.807, 2.05) is 0 Å². The maximum Gasteiger partial charge on any atom is 0.224 e. The molecule has 0 aromatic heterocycles.